The van der Waals surface area contributed by atoms with E-state index in [0.717, 1.165) is 37.4 Å². The Morgan fingerprint density at radius 3 is 2.90 bits per heavy atom. The van der Waals surface area contributed by atoms with E-state index in [1.807, 2.05) is 4.90 Å². The summed E-state index contributed by atoms with van der Waals surface area (Å²) in [5, 5.41) is 0. The highest BCUT2D eigenvalue weighted by Gasteiger charge is 2.38. The predicted molar refractivity (Wildman–Crippen MR) is 76.6 cm³/mol. The largest absolute Gasteiger partial charge is 0.381 e. The summed E-state index contributed by atoms with van der Waals surface area (Å²) < 4.78 is 32.2. The lowest BCUT2D eigenvalue weighted by atomic mass is 9.96. The molecule has 0 saturated carbocycles. The molecule has 2 fully saturated rings. The summed E-state index contributed by atoms with van der Waals surface area (Å²) in [6, 6.07) is 4.17. The lowest BCUT2D eigenvalue weighted by molar-refractivity contribution is 0.0113. The highest BCUT2D eigenvalue weighted by molar-refractivity contribution is 5.28. The van der Waals surface area contributed by atoms with Crippen molar-refractivity contribution in [2.75, 3.05) is 26.3 Å². The van der Waals surface area contributed by atoms with Crippen LogP contribution in [0.1, 0.15) is 42.6 Å². The molecule has 0 spiro atoms. The summed E-state index contributed by atoms with van der Waals surface area (Å²) in [5.41, 5.74) is 3.17. The summed E-state index contributed by atoms with van der Waals surface area (Å²) in [7, 11) is 0. The van der Waals surface area contributed by atoms with E-state index in [9.17, 15) is 8.78 Å². The number of aromatic nitrogens is 1. The molecule has 1 atom stereocenters. The molecule has 0 bridgehead atoms. The maximum absolute atomic E-state index is 13.4. The first kappa shape index (κ1) is 14.9. The van der Waals surface area contributed by atoms with E-state index in [0.29, 0.717) is 19.0 Å². The Kier molecular flexibility index (Phi) is 4.22. The minimum atomic E-state index is -2.54. The number of hydrogen-bond donors (Lipinski definition) is 0. The van der Waals surface area contributed by atoms with Gasteiger partial charge < -0.3 is 4.74 Å². The number of aryl methyl sites for hydroxylation is 1. The van der Waals surface area contributed by atoms with Crippen molar-refractivity contribution in [3.8, 4) is 0 Å². The van der Waals surface area contributed by atoms with Crippen molar-refractivity contribution in [3.05, 3.63) is 29.1 Å². The van der Waals surface area contributed by atoms with Gasteiger partial charge in [0.1, 0.15) is 0 Å². The summed E-state index contributed by atoms with van der Waals surface area (Å²) in [5.74, 6) is -2.18. The smallest absolute Gasteiger partial charge is 0.261 e. The molecule has 21 heavy (non-hydrogen) atoms. The second-order valence-electron chi connectivity index (χ2n) is 6.07. The van der Waals surface area contributed by atoms with Crippen LogP contribution in [0.2, 0.25) is 0 Å². The van der Waals surface area contributed by atoms with Crippen LogP contribution in [0.5, 0.6) is 0 Å². The molecule has 116 valence electrons. The first-order valence-corrected chi connectivity index (χ1v) is 7.74. The number of pyridine rings is 1. The topological polar surface area (TPSA) is 25.4 Å². The molecule has 3 rings (SSSR count). The van der Waals surface area contributed by atoms with Crippen molar-refractivity contribution < 1.29 is 13.5 Å². The molecule has 2 saturated heterocycles. The fourth-order valence-electron chi connectivity index (χ4n) is 3.19. The average molecular weight is 296 g/mol. The molecule has 2 aliphatic rings. The van der Waals surface area contributed by atoms with Crippen molar-refractivity contribution in [1.29, 1.82) is 0 Å². The zero-order valence-corrected chi connectivity index (χ0v) is 12.4. The third kappa shape index (κ3) is 3.40. The van der Waals surface area contributed by atoms with Gasteiger partial charge in [-0.3, -0.25) is 9.88 Å². The van der Waals surface area contributed by atoms with E-state index in [2.05, 4.69) is 19.1 Å². The summed E-state index contributed by atoms with van der Waals surface area (Å²) in [6.07, 6.45) is 1.82. The maximum atomic E-state index is 13.4. The Morgan fingerprint density at radius 2 is 2.29 bits per heavy atom. The van der Waals surface area contributed by atoms with Crippen molar-refractivity contribution in [3.63, 3.8) is 0 Å². The second kappa shape index (κ2) is 5.97. The molecule has 1 aromatic heterocycles. The molecule has 0 amide bonds. The van der Waals surface area contributed by atoms with Gasteiger partial charge in [0.2, 0.25) is 0 Å². The van der Waals surface area contributed by atoms with Gasteiger partial charge in [-0.2, -0.15) is 0 Å². The minimum absolute atomic E-state index is 0.0393. The van der Waals surface area contributed by atoms with Gasteiger partial charge >= 0.3 is 0 Å². The molecule has 0 aromatic carbocycles. The van der Waals surface area contributed by atoms with E-state index in [1.165, 1.54) is 5.56 Å². The van der Waals surface area contributed by atoms with Crippen LogP contribution < -0.4 is 0 Å². The fraction of sp³-hybridized carbons (Fsp3) is 0.688. The quantitative estimate of drug-likeness (QED) is 0.854. The summed E-state index contributed by atoms with van der Waals surface area (Å²) in [4.78, 5) is 6.53. The minimum Gasteiger partial charge on any atom is -0.381 e. The number of nitrogens with zero attached hydrogens (tertiary/aromatic N) is 2. The molecular weight excluding hydrogens is 274 g/mol. The van der Waals surface area contributed by atoms with E-state index >= 15 is 0 Å². The van der Waals surface area contributed by atoms with Crippen molar-refractivity contribution in [2.24, 2.45) is 0 Å². The normalized spacial score (nSPS) is 25.6. The first-order chi connectivity index (χ1) is 10.1. The Morgan fingerprint density at radius 1 is 1.43 bits per heavy atom. The summed E-state index contributed by atoms with van der Waals surface area (Å²) >= 11 is 0. The number of hydrogen-bond acceptors (Lipinski definition) is 3. The lowest BCUT2D eigenvalue weighted by Crippen LogP contribution is -2.26. The van der Waals surface area contributed by atoms with E-state index in [-0.39, 0.29) is 13.0 Å². The Labute approximate surface area is 124 Å². The lowest BCUT2D eigenvalue weighted by Gasteiger charge is -2.20. The standard InChI is InChI=1S/C16H22F2N2O/c1-2-13-3-4-14(12-5-8-21-10-12)15(19-13)9-20-7-6-16(17,18)11-20/h3-4,12H,2,5-11H2,1H3. The van der Waals surface area contributed by atoms with Crippen LogP contribution in [0, 0.1) is 0 Å². The van der Waals surface area contributed by atoms with Gasteiger partial charge in [-0.1, -0.05) is 13.0 Å². The monoisotopic (exact) mass is 296 g/mol. The van der Waals surface area contributed by atoms with Crippen LogP contribution in [0.15, 0.2) is 12.1 Å². The average Bonchev–Trinajstić information content (AvgIpc) is 3.08. The van der Waals surface area contributed by atoms with Gasteiger partial charge in [0.15, 0.2) is 0 Å². The third-order valence-electron chi connectivity index (χ3n) is 4.42. The van der Waals surface area contributed by atoms with Gasteiger partial charge in [-0.15, -0.1) is 0 Å². The van der Waals surface area contributed by atoms with Gasteiger partial charge in [-0.05, 0) is 24.5 Å². The molecule has 2 aliphatic heterocycles. The zero-order chi connectivity index (χ0) is 14.9. The van der Waals surface area contributed by atoms with Crippen molar-refractivity contribution in [1.82, 2.24) is 9.88 Å². The number of likely N-dealkylation sites (tertiary alicyclic amines) is 1. The van der Waals surface area contributed by atoms with Crippen molar-refractivity contribution >= 4 is 0 Å². The fourth-order valence-corrected chi connectivity index (χ4v) is 3.19. The van der Waals surface area contributed by atoms with E-state index < -0.39 is 5.92 Å². The molecule has 0 aliphatic carbocycles. The van der Waals surface area contributed by atoms with Gasteiger partial charge in [-0.25, -0.2) is 8.78 Å². The number of ether oxygens (including phenoxy) is 1. The molecule has 1 unspecified atom stereocenters. The molecule has 0 radical (unpaired) electrons. The highest BCUT2D eigenvalue weighted by Crippen LogP contribution is 2.31. The third-order valence-corrected chi connectivity index (χ3v) is 4.42. The Hall–Kier alpha value is -1.07. The predicted octanol–water partition coefficient (Wildman–Crippen LogP) is 2.99. The number of halogens is 2. The van der Waals surface area contributed by atoms with Crippen LogP contribution in [-0.2, 0) is 17.7 Å². The van der Waals surface area contributed by atoms with Crippen LogP contribution in [-0.4, -0.2) is 42.1 Å². The van der Waals surface area contributed by atoms with Crippen molar-refractivity contribution in [2.45, 2.75) is 44.6 Å². The number of rotatable bonds is 4. The molecule has 0 N–H and O–H groups in total. The van der Waals surface area contributed by atoms with Gasteiger partial charge in [0.05, 0.1) is 18.8 Å². The number of alkyl halides is 2. The molecule has 1 aromatic rings. The van der Waals surface area contributed by atoms with Gasteiger partial charge in [0, 0.05) is 37.7 Å². The molecular formula is C16H22F2N2O. The SMILES string of the molecule is CCc1ccc(C2CCOC2)c(CN2CCC(F)(F)C2)n1. The van der Waals surface area contributed by atoms with E-state index in [4.69, 9.17) is 9.72 Å². The van der Waals surface area contributed by atoms with Crippen LogP contribution in [0.25, 0.3) is 0 Å². The van der Waals surface area contributed by atoms with Crippen LogP contribution in [0.4, 0.5) is 8.78 Å². The van der Waals surface area contributed by atoms with Crippen LogP contribution in [0.3, 0.4) is 0 Å². The molecule has 3 nitrogen and oxygen atoms in total. The summed E-state index contributed by atoms with van der Waals surface area (Å²) in [6.45, 7) is 4.39. The second-order valence-corrected chi connectivity index (χ2v) is 6.07. The zero-order valence-electron chi connectivity index (χ0n) is 12.4. The first-order valence-electron chi connectivity index (χ1n) is 7.74. The maximum Gasteiger partial charge on any atom is 0.261 e. The molecule has 5 heteroatoms. The van der Waals surface area contributed by atoms with E-state index in [1.54, 1.807) is 0 Å². The van der Waals surface area contributed by atoms with Gasteiger partial charge in [0.25, 0.3) is 5.92 Å². The molecule has 3 heterocycles. The highest BCUT2D eigenvalue weighted by atomic mass is 19.3. The Balaban J connectivity index is 1.81. The Bertz CT molecular complexity index is 501. The van der Waals surface area contributed by atoms with Crippen LogP contribution >= 0.6 is 0 Å².